The molecule has 18 heavy (non-hydrogen) atoms. The van der Waals surface area contributed by atoms with Crippen LogP contribution in [0.1, 0.15) is 21.6 Å². The molecule has 0 saturated carbocycles. The predicted molar refractivity (Wildman–Crippen MR) is 66.5 cm³/mol. The number of nitrogens with one attached hydrogen (secondary N) is 1. The van der Waals surface area contributed by atoms with Gasteiger partial charge in [-0.15, -0.1) is 0 Å². The maximum atomic E-state index is 13.3. The maximum Gasteiger partial charge on any atom is 0.273 e. The van der Waals surface area contributed by atoms with Gasteiger partial charge in [-0.05, 0) is 24.6 Å². The van der Waals surface area contributed by atoms with Gasteiger partial charge in [0.2, 0.25) is 0 Å². The minimum Gasteiger partial charge on any atom is -0.347 e. The highest BCUT2D eigenvalue weighted by molar-refractivity contribution is 5.92. The van der Waals surface area contributed by atoms with E-state index in [1.54, 1.807) is 0 Å². The summed E-state index contributed by atoms with van der Waals surface area (Å²) in [4.78, 5) is 15.4. The second kappa shape index (κ2) is 5.40. The first-order chi connectivity index (χ1) is 8.66. The Bertz CT molecular complexity index is 552. The summed E-state index contributed by atoms with van der Waals surface area (Å²) >= 11 is 0. The molecule has 92 valence electrons. The van der Waals surface area contributed by atoms with E-state index in [1.165, 1.54) is 18.3 Å². The van der Waals surface area contributed by atoms with Crippen molar-refractivity contribution in [3.8, 4) is 0 Å². The summed E-state index contributed by atoms with van der Waals surface area (Å²) in [6.45, 7) is 2.35. The van der Waals surface area contributed by atoms with Crippen LogP contribution in [-0.2, 0) is 6.54 Å². The summed E-state index contributed by atoms with van der Waals surface area (Å²) in [5.41, 5.74) is 1.94. The van der Waals surface area contributed by atoms with Crippen LogP contribution in [0.3, 0.4) is 0 Å². The average Bonchev–Trinajstić information content (AvgIpc) is 2.38. The fourth-order valence-corrected chi connectivity index (χ4v) is 1.52. The average molecular weight is 244 g/mol. The molecule has 0 fully saturated rings. The summed E-state index contributed by atoms with van der Waals surface area (Å²) in [7, 11) is 0. The maximum absolute atomic E-state index is 13.3. The second-order valence-electron chi connectivity index (χ2n) is 4.00. The van der Waals surface area contributed by atoms with Crippen LogP contribution in [0.25, 0.3) is 0 Å². The van der Waals surface area contributed by atoms with Crippen molar-refractivity contribution in [2.24, 2.45) is 0 Å². The molecule has 0 aliphatic heterocycles. The number of nitrogens with zero attached hydrogens (tertiary/aromatic N) is 1. The lowest BCUT2D eigenvalue weighted by Crippen LogP contribution is -2.24. The topological polar surface area (TPSA) is 42.0 Å². The molecule has 3 nitrogen and oxygen atoms in total. The van der Waals surface area contributed by atoms with Crippen molar-refractivity contribution < 1.29 is 9.18 Å². The molecule has 1 N–H and O–H groups in total. The largest absolute Gasteiger partial charge is 0.347 e. The van der Waals surface area contributed by atoms with Crippen LogP contribution in [0.2, 0.25) is 0 Å². The van der Waals surface area contributed by atoms with E-state index in [0.29, 0.717) is 6.54 Å². The number of carbonyl (C=O) groups is 1. The first-order valence-corrected chi connectivity index (χ1v) is 5.61. The van der Waals surface area contributed by atoms with Crippen LogP contribution in [0.5, 0.6) is 0 Å². The summed E-state index contributed by atoms with van der Waals surface area (Å²) in [6.07, 6.45) is 1.39. The van der Waals surface area contributed by atoms with E-state index in [-0.39, 0.29) is 5.69 Å². The smallest absolute Gasteiger partial charge is 0.273 e. The number of benzene rings is 1. The number of hydrogen-bond donors (Lipinski definition) is 1. The molecule has 2 aromatic rings. The Morgan fingerprint density at radius 3 is 2.67 bits per heavy atom. The molecular weight excluding hydrogens is 231 g/mol. The van der Waals surface area contributed by atoms with E-state index < -0.39 is 11.7 Å². The van der Waals surface area contributed by atoms with E-state index >= 15 is 0 Å². The summed E-state index contributed by atoms with van der Waals surface area (Å²) < 4.78 is 13.3. The highest BCUT2D eigenvalue weighted by atomic mass is 19.1. The number of pyridine rings is 1. The summed E-state index contributed by atoms with van der Waals surface area (Å²) in [6, 6.07) is 10.4. The minimum atomic E-state index is -0.612. The molecule has 4 heteroatoms. The van der Waals surface area contributed by atoms with E-state index in [2.05, 4.69) is 10.3 Å². The van der Waals surface area contributed by atoms with Crippen molar-refractivity contribution >= 4 is 5.91 Å². The van der Waals surface area contributed by atoms with Crippen LogP contribution >= 0.6 is 0 Å². The zero-order chi connectivity index (χ0) is 13.0. The fourth-order valence-electron chi connectivity index (χ4n) is 1.52. The van der Waals surface area contributed by atoms with Gasteiger partial charge in [-0.2, -0.15) is 0 Å². The molecule has 1 aromatic carbocycles. The Labute approximate surface area is 105 Å². The Morgan fingerprint density at radius 2 is 2.00 bits per heavy atom. The van der Waals surface area contributed by atoms with Gasteiger partial charge in [-0.25, -0.2) is 9.37 Å². The third kappa shape index (κ3) is 2.91. The number of halogens is 1. The van der Waals surface area contributed by atoms with Gasteiger partial charge >= 0.3 is 0 Å². The number of amides is 1. The van der Waals surface area contributed by atoms with Crippen molar-refractivity contribution in [2.75, 3.05) is 0 Å². The van der Waals surface area contributed by atoms with Gasteiger partial charge in [0.1, 0.15) is 0 Å². The molecule has 0 radical (unpaired) electrons. The van der Waals surface area contributed by atoms with E-state index in [4.69, 9.17) is 0 Å². The van der Waals surface area contributed by atoms with Gasteiger partial charge in [0, 0.05) is 12.7 Å². The van der Waals surface area contributed by atoms with Crippen molar-refractivity contribution in [3.63, 3.8) is 0 Å². The Balaban J connectivity index is 2.01. The van der Waals surface area contributed by atoms with E-state index in [0.717, 1.165) is 11.1 Å². The molecule has 0 aliphatic rings. The standard InChI is InChI=1S/C14H13FN2O/c1-10-4-6-11(7-5-10)9-17-14(18)13-12(15)3-2-8-16-13/h2-8H,9H2,1H3,(H,17,18). The minimum absolute atomic E-state index is 0.176. The normalized spacial score (nSPS) is 10.1. The van der Waals surface area contributed by atoms with Crippen molar-refractivity contribution in [3.05, 3.63) is 65.2 Å². The van der Waals surface area contributed by atoms with Gasteiger partial charge < -0.3 is 5.32 Å². The first-order valence-electron chi connectivity index (χ1n) is 5.61. The number of aromatic nitrogens is 1. The van der Waals surface area contributed by atoms with Crippen LogP contribution in [-0.4, -0.2) is 10.9 Å². The van der Waals surface area contributed by atoms with Crippen LogP contribution in [0, 0.1) is 12.7 Å². The first kappa shape index (κ1) is 12.2. The van der Waals surface area contributed by atoms with E-state index in [9.17, 15) is 9.18 Å². The molecule has 1 heterocycles. The zero-order valence-corrected chi connectivity index (χ0v) is 9.98. The molecule has 0 spiro atoms. The van der Waals surface area contributed by atoms with Gasteiger partial charge in [-0.3, -0.25) is 4.79 Å². The lowest BCUT2D eigenvalue weighted by atomic mass is 10.1. The fraction of sp³-hybridized carbons (Fsp3) is 0.143. The zero-order valence-electron chi connectivity index (χ0n) is 9.98. The highest BCUT2D eigenvalue weighted by Crippen LogP contribution is 2.05. The molecule has 1 amide bonds. The van der Waals surface area contributed by atoms with Gasteiger partial charge in [0.25, 0.3) is 5.91 Å². The lowest BCUT2D eigenvalue weighted by molar-refractivity contribution is 0.0941. The number of carbonyl (C=O) groups excluding carboxylic acids is 1. The lowest BCUT2D eigenvalue weighted by Gasteiger charge is -2.05. The third-order valence-corrected chi connectivity index (χ3v) is 2.55. The molecular formula is C14H13FN2O. The quantitative estimate of drug-likeness (QED) is 0.901. The second-order valence-corrected chi connectivity index (χ2v) is 4.00. The van der Waals surface area contributed by atoms with Gasteiger partial charge in [-0.1, -0.05) is 29.8 Å². The van der Waals surface area contributed by atoms with Crippen molar-refractivity contribution in [1.82, 2.24) is 10.3 Å². The Morgan fingerprint density at radius 1 is 1.28 bits per heavy atom. The monoisotopic (exact) mass is 244 g/mol. The molecule has 1 aromatic heterocycles. The highest BCUT2D eigenvalue weighted by Gasteiger charge is 2.11. The van der Waals surface area contributed by atoms with Crippen LogP contribution in [0.15, 0.2) is 42.6 Å². The molecule has 0 unspecified atom stereocenters. The van der Waals surface area contributed by atoms with Crippen molar-refractivity contribution in [2.45, 2.75) is 13.5 Å². The number of hydrogen-bond acceptors (Lipinski definition) is 2. The predicted octanol–water partition coefficient (Wildman–Crippen LogP) is 2.46. The molecule has 0 saturated heterocycles. The van der Waals surface area contributed by atoms with Crippen molar-refractivity contribution in [1.29, 1.82) is 0 Å². The van der Waals surface area contributed by atoms with Gasteiger partial charge in [0.05, 0.1) is 0 Å². The Kier molecular flexibility index (Phi) is 3.67. The molecule has 0 bridgehead atoms. The molecule has 0 aliphatic carbocycles. The number of rotatable bonds is 3. The molecule has 0 atom stereocenters. The Hall–Kier alpha value is -2.23. The number of aryl methyl sites for hydroxylation is 1. The third-order valence-electron chi connectivity index (χ3n) is 2.55. The summed E-state index contributed by atoms with van der Waals surface area (Å²) in [5.74, 6) is -1.12. The molecule has 2 rings (SSSR count). The summed E-state index contributed by atoms with van der Waals surface area (Å²) in [5, 5.41) is 2.63. The van der Waals surface area contributed by atoms with Crippen LogP contribution in [0.4, 0.5) is 4.39 Å². The SMILES string of the molecule is Cc1ccc(CNC(=O)c2ncccc2F)cc1. The van der Waals surface area contributed by atoms with Gasteiger partial charge in [0.15, 0.2) is 11.5 Å². The van der Waals surface area contributed by atoms with E-state index in [1.807, 2.05) is 31.2 Å². The van der Waals surface area contributed by atoms with Crippen LogP contribution < -0.4 is 5.32 Å².